The Morgan fingerprint density at radius 1 is 1.19 bits per heavy atom. The topological polar surface area (TPSA) is 38.5 Å². The summed E-state index contributed by atoms with van der Waals surface area (Å²) < 4.78 is 6.89. The quantitative estimate of drug-likeness (QED) is 0.876. The van der Waals surface area contributed by atoms with Crippen LogP contribution < -0.4 is 15.4 Å². The van der Waals surface area contributed by atoms with Gasteiger partial charge in [-0.25, -0.2) is 0 Å². The Morgan fingerprint density at radius 3 is 2.76 bits per heavy atom. The molecule has 3 nitrogen and oxygen atoms in total. The molecule has 1 aliphatic heterocycles. The fraction of sp³-hybridized carbons (Fsp3) is 0.294. The molecule has 0 radical (unpaired) electrons. The third-order valence-corrected chi connectivity index (χ3v) is 4.36. The summed E-state index contributed by atoms with van der Waals surface area (Å²) in [6, 6.07) is 14.6. The molecule has 0 spiro atoms. The minimum atomic E-state index is 0.0371. The first kappa shape index (κ1) is 14.4. The number of halogens is 1. The summed E-state index contributed by atoms with van der Waals surface area (Å²) in [7, 11) is 0. The first-order valence-electron chi connectivity index (χ1n) is 7.21. The number of benzene rings is 2. The van der Waals surface area contributed by atoms with Crippen LogP contribution in [0, 0.1) is 0 Å². The summed E-state index contributed by atoms with van der Waals surface area (Å²) in [5.74, 6) is 0.943. The number of ether oxygens (including phenoxy) is 1. The van der Waals surface area contributed by atoms with Gasteiger partial charge in [0.25, 0.3) is 0 Å². The smallest absolute Gasteiger partial charge is 0.142 e. The lowest BCUT2D eigenvalue weighted by Crippen LogP contribution is -2.18. The Morgan fingerprint density at radius 2 is 2.00 bits per heavy atom. The van der Waals surface area contributed by atoms with Gasteiger partial charge in [0.05, 0.1) is 18.0 Å². The van der Waals surface area contributed by atoms with Crippen molar-refractivity contribution < 1.29 is 4.74 Å². The molecule has 1 atom stereocenters. The van der Waals surface area contributed by atoms with Crippen LogP contribution in [0.1, 0.15) is 24.9 Å². The molecule has 0 fully saturated rings. The fourth-order valence-corrected chi connectivity index (χ4v) is 3.21. The van der Waals surface area contributed by atoms with E-state index in [1.807, 2.05) is 25.1 Å². The number of anilines is 2. The molecule has 0 saturated heterocycles. The van der Waals surface area contributed by atoms with Crippen LogP contribution in [-0.4, -0.2) is 13.2 Å². The highest BCUT2D eigenvalue weighted by Gasteiger charge is 2.19. The molecule has 0 amide bonds. The van der Waals surface area contributed by atoms with Crippen molar-refractivity contribution in [1.29, 1.82) is 0 Å². The van der Waals surface area contributed by atoms with Crippen LogP contribution in [0.4, 0.5) is 11.4 Å². The summed E-state index contributed by atoms with van der Waals surface area (Å²) in [5.41, 5.74) is 9.35. The van der Waals surface area contributed by atoms with E-state index in [2.05, 4.69) is 45.1 Å². The van der Waals surface area contributed by atoms with Gasteiger partial charge in [0.1, 0.15) is 5.75 Å². The third-order valence-electron chi connectivity index (χ3n) is 3.73. The van der Waals surface area contributed by atoms with Gasteiger partial charge in [0.2, 0.25) is 0 Å². The van der Waals surface area contributed by atoms with Crippen molar-refractivity contribution in [3.05, 3.63) is 52.5 Å². The van der Waals surface area contributed by atoms with Crippen LogP contribution in [-0.2, 0) is 0 Å². The minimum absolute atomic E-state index is 0.0371. The number of para-hydroxylation sites is 2. The second-order valence-corrected chi connectivity index (χ2v) is 6.18. The van der Waals surface area contributed by atoms with Crippen molar-refractivity contribution in [2.24, 2.45) is 5.73 Å². The number of nitrogens with zero attached hydrogens (tertiary/aromatic N) is 1. The normalized spacial score (nSPS) is 15.9. The van der Waals surface area contributed by atoms with Crippen molar-refractivity contribution in [1.82, 2.24) is 0 Å². The molecule has 2 N–H and O–H groups in total. The predicted molar refractivity (Wildman–Crippen MR) is 90.3 cm³/mol. The zero-order chi connectivity index (χ0) is 14.8. The zero-order valence-corrected chi connectivity index (χ0v) is 13.6. The summed E-state index contributed by atoms with van der Waals surface area (Å²) in [6.07, 6.45) is 0.996. The van der Waals surface area contributed by atoms with Gasteiger partial charge in [-0.05, 0) is 59.1 Å². The van der Waals surface area contributed by atoms with Gasteiger partial charge in [-0.2, -0.15) is 0 Å². The standard InChI is InChI=1S/C17H19BrN2O/c1-12(19)13-7-8-15(14(18)11-13)20-9-4-10-21-17-6-3-2-5-16(17)20/h2-3,5-8,11-12H,4,9-10,19H2,1H3/t12-/m1/s1. The highest BCUT2D eigenvalue weighted by atomic mass is 79.9. The molecule has 3 rings (SSSR count). The second kappa shape index (κ2) is 6.08. The van der Waals surface area contributed by atoms with Crippen LogP contribution in [0.2, 0.25) is 0 Å². The molecule has 21 heavy (non-hydrogen) atoms. The zero-order valence-electron chi connectivity index (χ0n) is 12.1. The van der Waals surface area contributed by atoms with E-state index in [4.69, 9.17) is 10.5 Å². The average molecular weight is 347 g/mol. The Kier molecular flexibility index (Phi) is 4.17. The molecule has 2 aromatic carbocycles. The van der Waals surface area contributed by atoms with Crippen LogP contribution in [0.15, 0.2) is 46.9 Å². The lowest BCUT2D eigenvalue weighted by Gasteiger charge is -2.25. The van der Waals surface area contributed by atoms with Gasteiger partial charge in [0, 0.05) is 17.1 Å². The van der Waals surface area contributed by atoms with E-state index in [0.29, 0.717) is 0 Å². The predicted octanol–water partition coefficient (Wildman–Crippen LogP) is 4.39. The van der Waals surface area contributed by atoms with Crippen LogP contribution >= 0.6 is 15.9 Å². The molecular weight excluding hydrogens is 328 g/mol. The molecule has 2 aromatic rings. The third kappa shape index (κ3) is 2.92. The number of hydrogen-bond acceptors (Lipinski definition) is 3. The van der Waals surface area contributed by atoms with E-state index in [1.54, 1.807) is 0 Å². The highest BCUT2D eigenvalue weighted by molar-refractivity contribution is 9.10. The Labute approximate surface area is 133 Å². The summed E-state index contributed by atoms with van der Waals surface area (Å²) >= 11 is 3.69. The number of nitrogens with two attached hydrogens (primary N) is 1. The summed E-state index contributed by atoms with van der Waals surface area (Å²) in [4.78, 5) is 2.30. The monoisotopic (exact) mass is 346 g/mol. The fourth-order valence-electron chi connectivity index (χ4n) is 2.60. The van der Waals surface area contributed by atoms with Crippen molar-refractivity contribution in [2.75, 3.05) is 18.1 Å². The van der Waals surface area contributed by atoms with Gasteiger partial charge in [-0.1, -0.05) is 18.2 Å². The lowest BCUT2D eigenvalue weighted by molar-refractivity contribution is 0.322. The second-order valence-electron chi connectivity index (χ2n) is 5.32. The Balaban J connectivity index is 2.04. The van der Waals surface area contributed by atoms with Gasteiger partial charge in [-0.3, -0.25) is 0 Å². The molecular formula is C17H19BrN2O. The highest BCUT2D eigenvalue weighted by Crippen LogP contribution is 2.39. The molecule has 4 heteroatoms. The molecule has 0 bridgehead atoms. The van der Waals surface area contributed by atoms with E-state index in [9.17, 15) is 0 Å². The van der Waals surface area contributed by atoms with Crippen LogP contribution in [0.5, 0.6) is 5.75 Å². The van der Waals surface area contributed by atoms with Gasteiger partial charge < -0.3 is 15.4 Å². The first-order chi connectivity index (χ1) is 10.2. The SMILES string of the molecule is C[C@@H](N)c1ccc(N2CCCOc3ccccc32)c(Br)c1. The maximum absolute atomic E-state index is 5.96. The lowest BCUT2D eigenvalue weighted by atomic mass is 10.1. The molecule has 110 valence electrons. The van der Waals surface area contributed by atoms with E-state index in [0.717, 1.165) is 46.7 Å². The first-order valence-corrected chi connectivity index (χ1v) is 8.00. The van der Waals surface area contributed by atoms with E-state index >= 15 is 0 Å². The van der Waals surface area contributed by atoms with Gasteiger partial charge in [0.15, 0.2) is 0 Å². The van der Waals surface area contributed by atoms with Crippen molar-refractivity contribution in [3.63, 3.8) is 0 Å². The van der Waals surface area contributed by atoms with E-state index in [1.165, 1.54) is 0 Å². The molecule has 1 heterocycles. The number of fused-ring (bicyclic) bond motifs is 1. The van der Waals surface area contributed by atoms with Gasteiger partial charge >= 0.3 is 0 Å². The molecule has 0 unspecified atom stereocenters. The summed E-state index contributed by atoms with van der Waals surface area (Å²) in [6.45, 7) is 3.69. The average Bonchev–Trinajstić information content (AvgIpc) is 2.69. The largest absolute Gasteiger partial charge is 0.491 e. The van der Waals surface area contributed by atoms with E-state index in [-0.39, 0.29) is 6.04 Å². The van der Waals surface area contributed by atoms with Crippen molar-refractivity contribution in [2.45, 2.75) is 19.4 Å². The minimum Gasteiger partial charge on any atom is -0.491 e. The molecule has 0 aromatic heterocycles. The van der Waals surface area contributed by atoms with Crippen LogP contribution in [0.25, 0.3) is 0 Å². The molecule has 0 saturated carbocycles. The Hall–Kier alpha value is -1.52. The summed E-state index contributed by atoms with van der Waals surface area (Å²) in [5, 5.41) is 0. The van der Waals surface area contributed by atoms with Crippen LogP contribution in [0.3, 0.4) is 0 Å². The van der Waals surface area contributed by atoms with E-state index < -0.39 is 0 Å². The maximum Gasteiger partial charge on any atom is 0.142 e. The maximum atomic E-state index is 5.96. The van der Waals surface area contributed by atoms with Gasteiger partial charge in [-0.15, -0.1) is 0 Å². The molecule has 0 aliphatic carbocycles. The van der Waals surface area contributed by atoms with Crippen molar-refractivity contribution in [3.8, 4) is 5.75 Å². The number of rotatable bonds is 2. The Bertz CT molecular complexity index is 642. The van der Waals surface area contributed by atoms with Crippen molar-refractivity contribution >= 4 is 27.3 Å². The number of hydrogen-bond donors (Lipinski definition) is 1. The molecule has 1 aliphatic rings.